The Hall–Kier alpha value is -2.28. The van der Waals surface area contributed by atoms with Gasteiger partial charge < -0.3 is 10.1 Å². The van der Waals surface area contributed by atoms with Gasteiger partial charge in [-0.25, -0.2) is 22.2 Å². The number of sulfone groups is 1. The number of carbonyl (C=O) groups excluding carboxylic acids is 1. The average Bonchev–Trinajstić information content (AvgIpc) is 3.13. The first-order chi connectivity index (χ1) is 16.2. The number of ether oxygens (including phenoxy) is 1. The van der Waals surface area contributed by atoms with Crippen molar-refractivity contribution < 1.29 is 39.9 Å². The zero-order valence-electron chi connectivity index (χ0n) is 19.0. The Morgan fingerprint density at radius 2 is 1.80 bits per heavy atom. The molecule has 0 atom stereocenters. The van der Waals surface area contributed by atoms with Crippen molar-refractivity contribution in [1.82, 2.24) is 14.7 Å². The average molecular weight is 524 g/mol. The molecule has 0 spiro atoms. The maximum Gasteiger partial charge on any atom is 0.435 e. The van der Waals surface area contributed by atoms with E-state index in [-0.39, 0.29) is 36.5 Å². The normalized spacial score (nSPS) is 20.3. The minimum atomic E-state index is -4.90. The Labute approximate surface area is 199 Å². The quantitative estimate of drug-likeness (QED) is 0.598. The van der Waals surface area contributed by atoms with Gasteiger partial charge in [0.2, 0.25) is 5.92 Å². The van der Waals surface area contributed by atoms with Gasteiger partial charge in [-0.1, -0.05) is 0 Å². The van der Waals surface area contributed by atoms with Gasteiger partial charge in [-0.05, 0) is 50.2 Å². The van der Waals surface area contributed by atoms with Crippen LogP contribution in [0.4, 0.5) is 22.0 Å². The van der Waals surface area contributed by atoms with Gasteiger partial charge in [0.25, 0.3) is 5.91 Å². The Balaban J connectivity index is 1.78. The molecular weight excluding hydrogens is 497 g/mol. The first-order valence-electron chi connectivity index (χ1n) is 11.3. The number of hydrogen-bond acceptors (Lipinski definition) is 5. The molecule has 0 bridgehead atoms. The highest BCUT2D eigenvalue weighted by Crippen LogP contribution is 2.40. The molecule has 194 valence electrons. The summed E-state index contributed by atoms with van der Waals surface area (Å²) < 4.78 is 100. The molecule has 4 rings (SSSR count). The molecule has 1 amide bonds. The molecule has 35 heavy (non-hydrogen) atoms. The van der Waals surface area contributed by atoms with E-state index in [0.29, 0.717) is 26.1 Å². The molecule has 0 unspecified atom stereocenters. The summed E-state index contributed by atoms with van der Waals surface area (Å²) in [5.41, 5.74) is -2.15. The lowest BCUT2D eigenvalue weighted by Gasteiger charge is -2.28. The number of aromatic nitrogens is 2. The van der Waals surface area contributed by atoms with Gasteiger partial charge in [0.05, 0.1) is 5.69 Å². The van der Waals surface area contributed by atoms with Crippen LogP contribution in [0.1, 0.15) is 60.3 Å². The maximum atomic E-state index is 13.9. The summed E-state index contributed by atoms with van der Waals surface area (Å²) in [6.07, 6.45) is -4.08. The number of imidazole rings is 1. The van der Waals surface area contributed by atoms with Crippen LogP contribution in [-0.2, 0) is 27.2 Å². The van der Waals surface area contributed by atoms with Crippen LogP contribution in [0.3, 0.4) is 0 Å². The van der Waals surface area contributed by atoms with E-state index in [1.807, 2.05) is 0 Å². The first-order valence-corrected chi connectivity index (χ1v) is 13.2. The van der Waals surface area contributed by atoms with E-state index in [1.54, 1.807) is 0 Å². The fourth-order valence-electron chi connectivity index (χ4n) is 4.70. The number of alkyl halides is 5. The molecular formula is C22H26F5N3O4S. The molecule has 7 nitrogen and oxygen atoms in total. The number of pyridine rings is 1. The fourth-order valence-corrected chi connectivity index (χ4v) is 5.58. The minimum absolute atomic E-state index is 0.0112. The second kappa shape index (κ2) is 9.30. The number of hydrogen-bond donors (Lipinski definition) is 1. The smallest absolute Gasteiger partial charge is 0.381 e. The van der Waals surface area contributed by atoms with Crippen LogP contribution in [0.2, 0.25) is 0 Å². The summed E-state index contributed by atoms with van der Waals surface area (Å²) in [4.78, 5) is 16.5. The summed E-state index contributed by atoms with van der Waals surface area (Å²) in [7, 11) is -4.10. The van der Waals surface area contributed by atoms with E-state index in [9.17, 15) is 35.2 Å². The SMILES string of the molecule is CS(=O)(=O)c1cc(C(=O)NC2CCOCC2)cc2nc(C(F)(F)F)c(CC3CCC(F)(F)CC3)n12. The number of nitrogens with zero attached hydrogens (tertiary/aromatic N) is 2. The van der Waals surface area contributed by atoms with Gasteiger partial charge in [-0.15, -0.1) is 0 Å². The van der Waals surface area contributed by atoms with Crippen molar-refractivity contribution in [3.05, 3.63) is 29.1 Å². The molecule has 1 N–H and O–H groups in total. The number of amides is 1. The summed E-state index contributed by atoms with van der Waals surface area (Å²) in [5, 5.41) is 2.25. The number of halogens is 5. The lowest BCUT2D eigenvalue weighted by atomic mass is 9.83. The molecule has 3 heterocycles. The highest BCUT2D eigenvalue weighted by atomic mass is 32.2. The monoisotopic (exact) mass is 523 g/mol. The van der Waals surface area contributed by atoms with Crippen LogP contribution in [0.25, 0.3) is 5.65 Å². The minimum Gasteiger partial charge on any atom is -0.381 e. The van der Waals surface area contributed by atoms with Crippen molar-refractivity contribution in [2.24, 2.45) is 5.92 Å². The van der Waals surface area contributed by atoms with Crippen LogP contribution in [0.5, 0.6) is 0 Å². The molecule has 2 aromatic rings. The Morgan fingerprint density at radius 1 is 1.17 bits per heavy atom. The summed E-state index contributed by atoms with van der Waals surface area (Å²) in [5.74, 6) is -3.97. The van der Waals surface area contributed by atoms with E-state index in [2.05, 4.69) is 10.3 Å². The molecule has 1 saturated heterocycles. The predicted octanol–water partition coefficient (Wildman–Crippen LogP) is 4.03. The summed E-state index contributed by atoms with van der Waals surface area (Å²) in [6, 6.07) is 1.95. The molecule has 1 aliphatic heterocycles. The van der Waals surface area contributed by atoms with E-state index >= 15 is 0 Å². The van der Waals surface area contributed by atoms with Crippen molar-refractivity contribution in [2.45, 2.75) is 68.1 Å². The first kappa shape index (κ1) is 25.8. The van der Waals surface area contributed by atoms with Crippen molar-refractivity contribution in [3.63, 3.8) is 0 Å². The highest BCUT2D eigenvalue weighted by Gasteiger charge is 2.41. The number of nitrogens with one attached hydrogen (secondary N) is 1. The molecule has 2 aliphatic rings. The third-order valence-electron chi connectivity index (χ3n) is 6.57. The van der Waals surface area contributed by atoms with E-state index in [4.69, 9.17) is 4.74 Å². The Bertz CT molecular complexity index is 1210. The largest absolute Gasteiger partial charge is 0.435 e. The van der Waals surface area contributed by atoms with Crippen LogP contribution in [0, 0.1) is 5.92 Å². The van der Waals surface area contributed by atoms with Crippen molar-refractivity contribution in [1.29, 1.82) is 0 Å². The van der Waals surface area contributed by atoms with Crippen LogP contribution in [0.15, 0.2) is 17.2 Å². The Morgan fingerprint density at radius 3 is 2.37 bits per heavy atom. The summed E-state index contributed by atoms with van der Waals surface area (Å²) >= 11 is 0. The van der Waals surface area contributed by atoms with Gasteiger partial charge in [-0.3, -0.25) is 9.20 Å². The molecule has 0 radical (unpaired) electrons. The van der Waals surface area contributed by atoms with Gasteiger partial charge in [0.15, 0.2) is 15.5 Å². The van der Waals surface area contributed by atoms with Crippen LogP contribution in [-0.4, -0.2) is 55.1 Å². The molecule has 13 heteroatoms. The number of carbonyl (C=O) groups is 1. The summed E-state index contributed by atoms with van der Waals surface area (Å²) in [6.45, 7) is 0.897. The maximum absolute atomic E-state index is 13.9. The lowest BCUT2D eigenvalue weighted by molar-refractivity contribution is -0.141. The van der Waals surface area contributed by atoms with Gasteiger partial charge >= 0.3 is 6.18 Å². The third-order valence-corrected chi connectivity index (χ3v) is 7.63. The standard InChI is InChI=1S/C22H26F5N3O4S/c1-35(32,33)18-12-14(20(31)28-15-4-8-34-9-5-15)11-17-29-19(22(25,26)27)16(30(17)18)10-13-2-6-21(23,24)7-3-13/h11-13,15H,2-10H2,1H3,(H,28,31). The molecule has 1 aliphatic carbocycles. The fraction of sp³-hybridized carbons (Fsp3) is 0.636. The second-order valence-electron chi connectivity index (χ2n) is 9.32. The number of rotatable bonds is 5. The third kappa shape index (κ3) is 5.76. The zero-order chi connectivity index (χ0) is 25.6. The zero-order valence-corrected chi connectivity index (χ0v) is 19.8. The van der Waals surface area contributed by atoms with Gasteiger partial charge in [-0.2, -0.15) is 13.2 Å². The van der Waals surface area contributed by atoms with Gasteiger partial charge in [0.1, 0.15) is 10.7 Å². The van der Waals surface area contributed by atoms with Crippen molar-refractivity contribution >= 4 is 21.4 Å². The molecule has 2 fully saturated rings. The van der Waals surface area contributed by atoms with E-state index in [1.165, 1.54) is 0 Å². The van der Waals surface area contributed by atoms with Crippen LogP contribution >= 0.6 is 0 Å². The predicted molar refractivity (Wildman–Crippen MR) is 115 cm³/mol. The highest BCUT2D eigenvalue weighted by molar-refractivity contribution is 7.90. The van der Waals surface area contributed by atoms with E-state index < -0.39 is 63.0 Å². The molecule has 2 aromatic heterocycles. The topological polar surface area (TPSA) is 89.8 Å². The molecule has 1 saturated carbocycles. The number of fused-ring (bicyclic) bond motifs is 1. The van der Waals surface area contributed by atoms with Crippen molar-refractivity contribution in [2.75, 3.05) is 19.5 Å². The van der Waals surface area contributed by atoms with Gasteiger partial charge in [0, 0.05) is 43.9 Å². The van der Waals surface area contributed by atoms with E-state index in [0.717, 1.165) is 22.8 Å². The van der Waals surface area contributed by atoms with Crippen molar-refractivity contribution in [3.8, 4) is 0 Å². The Kier molecular flexibility index (Phi) is 6.86. The second-order valence-corrected chi connectivity index (χ2v) is 11.3. The lowest BCUT2D eigenvalue weighted by Crippen LogP contribution is -2.39. The molecule has 0 aromatic carbocycles. The van der Waals surface area contributed by atoms with Crippen LogP contribution < -0.4 is 5.32 Å².